The van der Waals surface area contributed by atoms with E-state index in [1.54, 1.807) is 4.90 Å². The van der Waals surface area contributed by atoms with Crippen molar-refractivity contribution < 1.29 is 14.3 Å². The Kier molecular flexibility index (Phi) is 6.72. The number of hydrogen-bond acceptors (Lipinski definition) is 5. The van der Waals surface area contributed by atoms with Crippen LogP contribution in [-0.4, -0.2) is 36.5 Å². The number of nitrogen functional groups attached to an aromatic ring is 1. The van der Waals surface area contributed by atoms with Crippen LogP contribution in [0.1, 0.15) is 30.4 Å². The predicted molar refractivity (Wildman–Crippen MR) is 117 cm³/mol. The van der Waals surface area contributed by atoms with Crippen molar-refractivity contribution in [3.63, 3.8) is 0 Å². The summed E-state index contributed by atoms with van der Waals surface area (Å²) in [6.07, 6.45) is -0.811. The number of ether oxygens (including phenoxy) is 2. The van der Waals surface area contributed by atoms with Crippen LogP contribution in [0.2, 0.25) is 0 Å². The molecule has 1 amide bonds. The van der Waals surface area contributed by atoms with Crippen molar-refractivity contribution in [2.24, 2.45) is 5.73 Å². The van der Waals surface area contributed by atoms with Crippen LogP contribution in [0.5, 0.6) is 5.75 Å². The minimum atomic E-state index is -0.456. The zero-order chi connectivity index (χ0) is 20.8. The molecule has 0 aliphatic heterocycles. The van der Waals surface area contributed by atoms with E-state index in [1.165, 1.54) is 11.3 Å². The van der Waals surface area contributed by atoms with Gasteiger partial charge in [-0.05, 0) is 37.6 Å². The molecule has 1 aromatic heterocycles. The van der Waals surface area contributed by atoms with Crippen LogP contribution >= 0.6 is 11.3 Å². The van der Waals surface area contributed by atoms with Crippen molar-refractivity contribution >= 4 is 33.4 Å². The van der Waals surface area contributed by atoms with Crippen LogP contribution in [0, 0.1) is 5.41 Å². The van der Waals surface area contributed by atoms with Gasteiger partial charge in [-0.2, -0.15) is 0 Å². The molecule has 0 fully saturated rings. The molecule has 2 aromatic carbocycles. The van der Waals surface area contributed by atoms with Gasteiger partial charge in [0.15, 0.2) is 6.10 Å². The van der Waals surface area contributed by atoms with E-state index >= 15 is 0 Å². The summed E-state index contributed by atoms with van der Waals surface area (Å²) in [4.78, 5) is 14.6. The number of nitrogens with zero attached hydrogens (tertiary/aromatic N) is 1. The van der Waals surface area contributed by atoms with Crippen LogP contribution in [0.4, 0.5) is 4.79 Å². The summed E-state index contributed by atoms with van der Waals surface area (Å²) in [7, 11) is 0. The van der Waals surface area contributed by atoms with Gasteiger partial charge in [-0.15, -0.1) is 11.3 Å². The number of nitrogens with one attached hydrogen (secondary N) is 1. The highest BCUT2D eigenvalue weighted by molar-refractivity contribution is 7.20. The molecule has 0 spiro atoms. The van der Waals surface area contributed by atoms with E-state index in [4.69, 9.17) is 20.6 Å². The van der Waals surface area contributed by atoms with Crippen LogP contribution in [0.15, 0.2) is 54.6 Å². The number of amides is 1. The molecule has 1 atom stereocenters. The number of amidine groups is 1. The quantitative estimate of drug-likeness (QED) is 0.412. The molecule has 6 nitrogen and oxygen atoms in total. The Hall–Kier alpha value is -3.06. The molecular formula is C22H25N3O3S. The lowest BCUT2D eigenvalue weighted by molar-refractivity contribution is 0.0601. The molecule has 0 bridgehead atoms. The van der Waals surface area contributed by atoms with E-state index in [9.17, 15) is 4.79 Å². The molecule has 3 rings (SSSR count). The summed E-state index contributed by atoms with van der Waals surface area (Å²) in [5, 5.41) is 8.58. The van der Waals surface area contributed by atoms with E-state index in [0.717, 1.165) is 15.6 Å². The normalized spacial score (nSPS) is 11.8. The van der Waals surface area contributed by atoms with Crippen molar-refractivity contribution in [3.05, 3.63) is 65.0 Å². The van der Waals surface area contributed by atoms with Crippen molar-refractivity contribution in [3.8, 4) is 5.75 Å². The monoisotopic (exact) mass is 411 g/mol. The summed E-state index contributed by atoms with van der Waals surface area (Å²) in [5.74, 6) is 0.698. The van der Waals surface area contributed by atoms with Gasteiger partial charge in [0.25, 0.3) is 0 Å². The maximum atomic E-state index is 12.3. The maximum absolute atomic E-state index is 12.3. The number of nitrogens with two attached hydrogens (primary N) is 1. The van der Waals surface area contributed by atoms with E-state index in [2.05, 4.69) is 0 Å². The van der Waals surface area contributed by atoms with Crippen LogP contribution in [-0.2, 0) is 4.74 Å². The first-order valence-corrected chi connectivity index (χ1v) is 10.3. The standard InChI is InChI=1S/C22H25N3O3S/c1-3-25(4-2)22(26)27-14-18(15-9-6-5-7-10-15)28-17-11-8-12-19-16(17)13-20(29-19)21(23)24/h5-13,18H,3-4,14H2,1-2H3,(H3,23,24). The third-order valence-electron chi connectivity index (χ3n) is 4.61. The largest absolute Gasteiger partial charge is 0.481 e. The van der Waals surface area contributed by atoms with E-state index < -0.39 is 6.10 Å². The molecule has 3 aromatic rings. The van der Waals surface area contributed by atoms with Gasteiger partial charge in [0.1, 0.15) is 18.2 Å². The van der Waals surface area contributed by atoms with Crippen molar-refractivity contribution in [2.75, 3.05) is 19.7 Å². The third kappa shape index (κ3) is 4.86. The smallest absolute Gasteiger partial charge is 0.409 e. The Bertz CT molecular complexity index is 983. The van der Waals surface area contributed by atoms with Crippen molar-refractivity contribution in [1.82, 2.24) is 4.90 Å². The van der Waals surface area contributed by atoms with Crippen LogP contribution in [0.3, 0.4) is 0 Å². The first-order valence-electron chi connectivity index (χ1n) is 9.53. The molecule has 7 heteroatoms. The second-order valence-electron chi connectivity index (χ2n) is 6.46. The lowest BCUT2D eigenvalue weighted by Gasteiger charge is -2.23. The average Bonchev–Trinajstić information content (AvgIpc) is 3.18. The molecule has 1 unspecified atom stereocenters. The lowest BCUT2D eigenvalue weighted by Crippen LogP contribution is -2.32. The number of benzene rings is 2. The zero-order valence-corrected chi connectivity index (χ0v) is 17.4. The summed E-state index contributed by atoms with van der Waals surface area (Å²) in [5.41, 5.74) is 6.56. The Balaban J connectivity index is 1.87. The molecule has 29 heavy (non-hydrogen) atoms. The Morgan fingerprint density at radius 1 is 1.14 bits per heavy atom. The Morgan fingerprint density at radius 3 is 2.52 bits per heavy atom. The zero-order valence-electron chi connectivity index (χ0n) is 16.6. The highest BCUT2D eigenvalue weighted by Gasteiger charge is 2.20. The van der Waals surface area contributed by atoms with Crippen molar-refractivity contribution in [1.29, 1.82) is 5.41 Å². The second-order valence-corrected chi connectivity index (χ2v) is 7.54. The van der Waals surface area contributed by atoms with Gasteiger partial charge in [0.05, 0.1) is 4.88 Å². The number of fused-ring (bicyclic) bond motifs is 1. The second kappa shape index (κ2) is 9.43. The maximum Gasteiger partial charge on any atom is 0.409 e. The first-order chi connectivity index (χ1) is 14.0. The van der Waals surface area contributed by atoms with E-state index in [0.29, 0.717) is 23.7 Å². The fourth-order valence-corrected chi connectivity index (χ4v) is 3.95. The van der Waals surface area contributed by atoms with Gasteiger partial charge in [0, 0.05) is 23.2 Å². The number of carbonyl (C=O) groups is 1. The predicted octanol–water partition coefficient (Wildman–Crippen LogP) is 4.78. The molecule has 0 aliphatic carbocycles. The number of carbonyl (C=O) groups excluding carboxylic acids is 1. The van der Waals surface area contributed by atoms with Crippen LogP contribution < -0.4 is 10.5 Å². The van der Waals surface area contributed by atoms with Gasteiger partial charge >= 0.3 is 6.09 Å². The Labute approximate surface area is 174 Å². The fraction of sp³-hybridized carbons (Fsp3) is 0.273. The molecule has 0 saturated carbocycles. The first kappa shape index (κ1) is 20.7. The highest BCUT2D eigenvalue weighted by Crippen LogP contribution is 2.35. The van der Waals surface area contributed by atoms with E-state index in [1.807, 2.05) is 68.4 Å². The Morgan fingerprint density at radius 2 is 1.86 bits per heavy atom. The fourth-order valence-electron chi connectivity index (χ4n) is 3.01. The molecule has 0 aliphatic rings. The van der Waals surface area contributed by atoms with Crippen molar-refractivity contribution in [2.45, 2.75) is 20.0 Å². The average molecular weight is 412 g/mol. The van der Waals surface area contributed by atoms with Gasteiger partial charge in [-0.3, -0.25) is 5.41 Å². The highest BCUT2D eigenvalue weighted by atomic mass is 32.1. The number of hydrogen-bond donors (Lipinski definition) is 2. The molecule has 0 saturated heterocycles. The minimum Gasteiger partial charge on any atom is -0.481 e. The molecule has 3 N–H and O–H groups in total. The van der Waals surface area contributed by atoms with Crippen LogP contribution in [0.25, 0.3) is 10.1 Å². The molecule has 152 valence electrons. The SMILES string of the molecule is CCN(CC)C(=O)OCC(Oc1cccc2sc(C(=N)N)cc12)c1ccccc1. The van der Waals surface area contributed by atoms with Gasteiger partial charge in [0.2, 0.25) is 0 Å². The molecule has 0 radical (unpaired) electrons. The number of thiophene rings is 1. The summed E-state index contributed by atoms with van der Waals surface area (Å²) in [6, 6.07) is 17.3. The third-order valence-corrected chi connectivity index (χ3v) is 5.74. The molecular weight excluding hydrogens is 386 g/mol. The summed E-state index contributed by atoms with van der Waals surface area (Å²) in [6.45, 7) is 5.11. The van der Waals surface area contributed by atoms with Gasteiger partial charge in [-0.25, -0.2) is 4.79 Å². The number of rotatable bonds is 8. The minimum absolute atomic E-state index is 0.0323. The lowest BCUT2D eigenvalue weighted by atomic mass is 10.1. The molecule has 1 heterocycles. The van der Waals surface area contributed by atoms with E-state index in [-0.39, 0.29) is 18.5 Å². The van der Waals surface area contributed by atoms with Gasteiger partial charge in [-0.1, -0.05) is 36.4 Å². The van der Waals surface area contributed by atoms with Gasteiger partial charge < -0.3 is 20.1 Å². The topological polar surface area (TPSA) is 88.6 Å². The summed E-state index contributed by atoms with van der Waals surface area (Å²) >= 11 is 1.45. The summed E-state index contributed by atoms with van der Waals surface area (Å²) < 4.78 is 12.8.